The third-order valence-corrected chi connectivity index (χ3v) is 3.34. The van der Waals surface area contributed by atoms with Gasteiger partial charge in [0.2, 0.25) is 11.5 Å². The smallest absolute Gasteiger partial charge is 0.237 e. The van der Waals surface area contributed by atoms with Gasteiger partial charge in [-0.1, -0.05) is 11.2 Å². The molecule has 4 rings (SSSR count). The lowest BCUT2D eigenvalue weighted by Crippen LogP contribution is -2.14. The van der Waals surface area contributed by atoms with Crippen LogP contribution in [0.2, 0.25) is 0 Å². The molecule has 0 saturated heterocycles. The second-order valence-electron chi connectivity index (χ2n) is 4.60. The van der Waals surface area contributed by atoms with Gasteiger partial charge >= 0.3 is 0 Å². The molecule has 1 N–H and O–H groups in total. The maximum Gasteiger partial charge on any atom is 0.237 e. The van der Waals surface area contributed by atoms with Crippen LogP contribution in [0.25, 0.3) is 22.5 Å². The number of benzene rings is 1. The fourth-order valence-corrected chi connectivity index (χ4v) is 2.32. The number of hydrogen-bond acceptors (Lipinski definition) is 7. The molecule has 0 bridgehead atoms. The van der Waals surface area contributed by atoms with E-state index in [1.807, 2.05) is 12.1 Å². The molecule has 0 aliphatic carbocycles. The van der Waals surface area contributed by atoms with Gasteiger partial charge in [0.15, 0.2) is 11.5 Å². The van der Waals surface area contributed by atoms with Crippen molar-refractivity contribution >= 4 is 0 Å². The molecule has 0 radical (unpaired) electrons. The first-order chi connectivity index (χ1) is 10.9. The van der Waals surface area contributed by atoms with Crippen LogP contribution in [0.1, 0.15) is 0 Å². The van der Waals surface area contributed by atoms with Gasteiger partial charge in [-0.25, -0.2) is 0 Å². The number of aromatic nitrogens is 2. The summed E-state index contributed by atoms with van der Waals surface area (Å²) in [5.41, 5.74) is 4.85. The Morgan fingerprint density at radius 3 is 2.91 bits per heavy atom. The molecule has 3 heterocycles. The second kappa shape index (κ2) is 5.05. The maximum atomic E-state index is 5.41. The van der Waals surface area contributed by atoms with Gasteiger partial charge in [-0.3, -0.25) is 4.98 Å². The number of ether oxygens (including phenoxy) is 1. The van der Waals surface area contributed by atoms with Crippen LogP contribution in [0.3, 0.4) is 0 Å². The van der Waals surface area contributed by atoms with E-state index >= 15 is 0 Å². The summed E-state index contributed by atoms with van der Waals surface area (Å²) in [4.78, 5) is 14.5. The average molecular weight is 297 g/mol. The minimum atomic E-state index is 0.494. The van der Waals surface area contributed by atoms with Gasteiger partial charge in [-0.2, -0.15) is 0 Å². The van der Waals surface area contributed by atoms with E-state index in [1.54, 1.807) is 37.8 Å². The molecule has 3 aromatic rings. The van der Waals surface area contributed by atoms with E-state index in [0.29, 0.717) is 23.0 Å². The van der Waals surface area contributed by atoms with E-state index in [0.717, 1.165) is 16.7 Å². The number of nitrogens with zero attached hydrogens (tertiary/aromatic N) is 2. The first-order valence-electron chi connectivity index (χ1n) is 6.53. The zero-order valence-electron chi connectivity index (χ0n) is 11.6. The molecule has 7 heteroatoms. The van der Waals surface area contributed by atoms with Crippen LogP contribution in [0.5, 0.6) is 17.2 Å². The van der Waals surface area contributed by atoms with E-state index in [4.69, 9.17) is 18.9 Å². The van der Waals surface area contributed by atoms with Crippen molar-refractivity contribution in [1.82, 2.24) is 15.8 Å². The minimum Gasteiger partial charge on any atom is -0.493 e. The lowest BCUT2D eigenvalue weighted by atomic mass is 10.0. The zero-order valence-corrected chi connectivity index (χ0v) is 11.6. The third-order valence-electron chi connectivity index (χ3n) is 3.34. The van der Waals surface area contributed by atoms with Crippen molar-refractivity contribution in [3.8, 4) is 39.7 Å². The number of fused-ring (bicyclic) bond motifs is 1. The van der Waals surface area contributed by atoms with Crippen molar-refractivity contribution in [3.05, 3.63) is 42.9 Å². The molecular weight excluding hydrogens is 286 g/mol. The summed E-state index contributed by atoms with van der Waals surface area (Å²) in [6.45, 7) is 0. The lowest BCUT2D eigenvalue weighted by Gasteiger charge is -2.06. The molecule has 1 aliphatic heterocycles. The Labute approximate surface area is 125 Å². The van der Waals surface area contributed by atoms with Crippen molar-refractivity contribution in [3.63, 3.8) is 0 Å². The number of rotatable bonds is 3. The molecule has 2 aromatic heterocycles. The summed E-state index contributed by atoms with van der Waals surface area (Å²) >= 11 is 0. The number of pyridine rings is 1. The Kier molecular flexibility index (Phi) is 2.90. The van der Waals surface area contributed by atoms with Gasteiger partial charge in [0.05, 0.1) is 18.9 Å². The first kappa shape index (κ1) is 12.7. The summed E-state index contributed by atoms with van der Waals surface area (Å²) in [7, 11) is 1.56. The molecule has 110 valence electrons. The molecule has 0 unspecified atom stereocenters. The Balaban J connectivity index is 1.86. The maximum absolute atomic E-state index is 5.41. The highest BCUT2D eigenvalue weighted by Crippen LogP contribution is 2.44. The van der Waals surface area contributed by atoms with Gasteiger partial charge in [0.1, 0.15) is 0 Å². The molecule has 0 spiro atoms. The fourth-order valence-electron chi connectivity index (χ4n) is 2.32. The summed E-state index contributed by atoms with van der Waals surface area (Å²) in [6.07, 6.45) is 5.12. The van der Waals surface area contributed by atoms with Crippen LogP contribution in [0.15, 0.2) is 47.4 Å². The van der Waals surface area contributed by atoms with E-state index < -0.39 is 0 Å². The Bertz CT molecular complexity index is 817. The van der Waals surface area contributed by atoms with Crippen molar-refractivity contribution in [2.45, 2.75) is 0 Å². The van der Waals surface area contributed by atoms with Crippen molar-refractivity contribution in [2.75, 3.05) is 7.11 Å². The van der Waals surface area contributed by atoms with Crippen LogP contribution in [0, 0.1) is 0 Å². The quantitative estimate of drug-likeness (QED) is 0.796. The van der Waals surface area contributed by atoms with Crippen LogP contribution in [-0.4, -0.2) is 17.3 Å². The van der Waals surface area contributed by atoms with Gasteiger partial charge < -0.3 is 18.9 Å². The second-order valence-corrected chi connectivity index (χ2v) is 4.60. The number of methoxy groups -OCH3 is 1. The predicted octanol–water partition coefficient (Wildman–Crippen LogP) is 2.60. The third kappa shape index (κ3) is 1.95. The molecule has 7 nitrogen and oxygen atoms in total. The average Bonchev–Trinajstić information content (AvgIpc) is 3.23. The topological polar surface area (TPSA) is 78.6 Å². The van der Waals surface area contributed by atoms with E-state index in [-0.39, 0.29) is 0 Å². The van der Waals surface area contributed by atoms with Gasteiger partial charge in [-0.05, 0) is 18.2 Å². The SMILES string of the molecule is COc1cc(-c2oncc2-c2cccnc2)cc2c1ONO2. The highest BCUT2D eigenvalue weighted by atomic mass is 16.9. The largest absolute Gasteiger partial charge is 0.493 e. The van der Waals surface area contributed by atoms with Gasteiger partial charge in [0.25, 0.3) is 0 Å². The summed E-state index contributed by atoms with van der Waals surface area (Å²) in [5, 5.41) is 3.89. The van der Waals surface area contributed by atoms with Gasteiger partial charge in [-0.15, -0.1) is 0 Å². The Hall–Kier alpha value is -3.06. The monoisotopic (exact) mass is 297 g/mol. The van der Waals surface area contributed by atoms with Crippen LogP contribution < -0.4 is 20.1 Å². The highest BCUT2D eigenvalue weighted by molar-refractivity contribution is 5.80. The van der Waals surface area contributed by atoms with E-state index in [1.165, 1.54) is 0 Å². The number of hydrogen-bond donors (Lipinski definition) is 1. The molecule has 0 saturated carbocycles. The standard InChI is InChI=1S/C15H11N3O4/c1-19-12-5-10(6-13-15(12)22-18-20-13)14-11(8-17-21-14)9-3-2-4-16-7-9/h2-8,18H,1H3. The minimum absolute atomic E-state index is 0.494. The normalized spacial score (nSPS) is 12.4. The van der Waals surface area contributed by atoms with Crippen LogP contribution in [0.4, 0.5) is 0 Å². The molecule has 0 atom stereocenters. The Morgan fingerprint density at radius 1 is 1.14 bits per heavy atom. The van der Waals surface area contributed by atoms with Crippen molar-refractivity contribution in [2.24, 2.45) is 0 Å². The molecular formula is C15H11N3O4. The number of nitrogens with one attached hydrogen (secondary N) is 1. The Morgan fingerprint density at radius 2 is 2.09 bits per heavy atom. The zero-order chi connectivity index (χ0) is 14.9. The van der Waals surface area contributed by atoms with Crippen molar-refractivity contribution in [1.29, 1.82) is 0 Å². The molecule has 1 aliphatic rings. The van der Waals surface area contributed by atoms with Crippen LogP contribution in [-0.2, 0) is 0 Å². The molecule has 0 fully saturated rings. The fraction of sp³-hybridized carbons (Fsp3) is 0.0667. The van der Waals surface area contributed by atoms with Crippen LogP contribution >= 0.6 is 0 Å². The van der Waals surface area contributed by atoms with Gasteiger partial charge in [0, 0.05) is 29.2 Å². The molecule has 22 heavy (non-hydrogen) atoms. The van der Waals surface area contributed by atoms with E-state index in [2.05, 4.69) is 15.8 Å². The molecule has 1 aromatic carbocycles. The predicted molar refractivity (Wildman–Crippen MR) is 76.1 cm³/mol. The first-order valence-corrected chi connectivity index (χ1v) is 6.53. The summed E-state index contributed by atoms with van der Waals surface area (Å²) in [6, 6.07) is 7.39. The summed E-state index contributed by atoms with van der Waals surface area (Å²) < 4.78 is 10.7. The summed E-state index contributed by atoms with van der Waals surface area (Å²) in [5.74, 6) is 2.15. The molecule has 0 amide bonds. The highest BCUT2D eigenvalue weighted by Gasteiger charge is 2.24. The van der Waals surface area contributed by atoms with E-state index in [9.17, 15) is 0 Å². The lowest BCUT2D eigenvalue weighted by molar-refractivity contribution is 0.0248. The van der Waals surface area contributed by atoms with Crippen molar-refractivity contribution < 1.29 is 18.9 Å².